The first kappa shape index (κ1) is 39.0. The minimum Gasteiger partial charge on any atom is -0.364 e. The first-order valence-electron chi connectivity index (χ1n) is 16.3. The van der Waals surface area contributed by atoms with Gasteiger partial charge in [0.05, 0.1) is 5.69 Å². The fourth-order valence-corrected chi connectivity index (χ4v) is 6.74. The summed E-state index contributed by atoms with van der Waals surface area (Å²) < 4.78 is 0. The van der Waals surface area contributed by atoms with Gasteiger partial charge in [0.25, 0.3) is 0 Å². The predicted molar refractivity (Wildman–Crippen MR) is 210 cm³/mol. The van der Waals surface area contributed by atoms with E-state index in [9.17, 15) is 0 Å². The number of anilines is 1. The Hall–Kier alpha value is -3.41. The van der Waals surface area contributed by atoms with Gasteiger partial charge in [0, 0.05) is 67.6 Å². The zero-order chi connectivity index (χ0) is 31.5. The van der Waals surface area contributed by atoms with Gasteiger partial charge in [0.15, 0.2) is 0 Å². The van der Waals surface area contributed by atoms with E-state index in [1.165, 1.54) is 66.9 Å². The standard InChI is InChI=1S/C41H46N4.3ClH/c1-28-18-36(19-29(2)32(28)5)38-22-35(24-42-25-38)27-45(39-10-8-7-9-11-39)40-13-16-44(17-14-40)26-34-12-15-43-41(23-34)37-20-30(3)33(6)31(4)21-37;;;/h7-12,15,18-25,40H,13-14,16-17,26-27H2,1-6H3;3*1H. The number of pyridine rings is 2. The van der Waals surface area contributed by atoms with Gasteiger partial charge < -0.3 is 4.90 Å². The Morgan fingerprint density at radius 1 is 0.646 bits per heavy atom. The molecule has 4 nitrogen and oxygen atoms in total. The van der Waals surface area contributed by atoms with Crippen LogP contribution in [0.25, 0.3) is 22.4 Å². The summed E-state index contributed by atoms with van der Waals surface area (Å²) in [5.74, 6) is 0. The molecule has 6 rings (SSSR count). The first-order valence-corrected chi connectivity index (χ1v) is 16.3. The highest BCUT2D eigenvalue weighted by atomic mass is 35.5. The average Bonchev–Trinajstić information content (AvgIpc) is 3.05. The van der Waals surface area contributed by atoms with Crippen molar-refractivity contribution in [1.82, 2.24) is 14.9 Å². The van der Waals surface area contributed by atoms with Gasteiger partial charge in [0.1, 0.15) is 0 Å². The lowest BCUT2D eigenvalue weighted by Gasteiger charge is -2.40. The zero-order valence-corrected chi connectivity index (χ0v) is 31.4. The van der Waals surface area contributed by atoms with Gasteiger partial charge in [-0.15, -0.1) is 37.2 Å². The van der Waals surface area contributed by atoms with E-state index >= 15 is 0 Å². The van der Waals surface area contributed by atoms with Crippen molar-refractivity contribution in [2.75, 3.05) is 18.0 Å². The number of piperidine rings is 1. The Balaban J connectivity index is 0.00000208. The van der Waals surface area contributed by atoms with Gasteiger partial charge in [-0.3, -0.25) is 14.9 Å². The van der Waals surface area contributed by atoms with Gasteiger partial charge in [-0.05, 0) is 147 Å². The zero-order valence-electron chi connectivity index (χ0n) is 29.0. The molecule has 0 N–H and O–H groups in total. The summed E-state index contributed by atoms with van der Waals surface area (Å²) in [5.41, 5.74) is 16.6. The molecule has 5 aromatic rings. The molecule has 1 aliphatic rings. The maximum Gasteiger partial charge on any atom is 0.0705 e. The Labute approximate surface area is 306 Å². The van der Waals surface area contributed by atoms with Crippen molar-refractivity contribution < 1.29 is 0 Å². The van der Waals surface area contributed by atoms with E-state index < -0.39 is 0 Å². The van der Waals surface area contributed by atoms with E-state index in [0.29, 0.717) is 6.04 Å². The maximum absolute atomic E-state index is 4.73. The fraction of sp³-hybridized carbons (Fsp3) is 0.317. The predicted octanol–water partition coefficient (Wildman–Crippen LogP) is 10.6. The van der Waals surface area contributed by atoms with E-state index in [1.54, 1.807) is 0 Å². The molecule has 0 radical (unpaired) electrons. The van der Waals surface area contributed by atoms with Gasteiger partial charge in [-0.2, -0.15) is 0 Å². The molecule has 0 unspecified atom stereocenters. The van der Waals surface area contributed by atoms with Crippen molar-refractivity contribution in [3.8, 4) is 22.4 Å². The lowest BCUT2D eigenvalue weighted by atomic mass is 9.96. The molecule has 0 saturated carbocycles. The summed E-state index contributed by atoms with van der Waals surface area (Å²) in [6, 6.07) is 27.3. The van der Waals surface area contributed by atoms with Crippen LogP contribution in [0.3, 0.4) is 0 Å². The van der Waals surface area contributed by atoms with Crippen molar-refractivity contribution >= 4 is 42.9 Å². The molecule has 2 aromatic heterocycles. The van der Waals surface area contributed by atoms with Crippen molar-refractivity contribution in [2.45, 2.75) is 73.5 Å². The molecule has 7 heteroatoms. The maximum atomic E-state index is 4.73. The number of likely N-dealkylation sites (tertiary alicyclic amines) is 1. The van der Waals surface area contributed by atoms with Crippen LogP contribution in [0.4, 0.5) is 5.69 Å². The second-order valence-corrected chi connectivity index (χ2v) is 13.1. The molecule has 3 heterocycles. The lowest BCUT2D eigenvalue weighted by Crippen LogP contribution is -2.44. The van der Waals surface area contributed by atoms with Crippen LogP contribution in [0.1, 0.15) is 57.3 Å². The van der Waals surface area contributed by atoms with E-state index in [1.807, 2.05) is 18.6 Å². The van der Waals surface area contributed by atoms with Crippen LogP contribution in [-0.4, -0.2) is 34.0 Å². The van der Waals surface area contributed by atoms with Gasteiger partial charge in [-0.25, -0.2) is 0 Å². The minimum atomic E-state index is 0. The molecule has 0 amide bonds. The summed E-state index contributed by atoms with van der Waals surface area (Å²) in [4.78, 5) is 14.6. The van der Waals surface area contributed by atoms with E-state index in [2.05, 4.69) is 124 Å². The average molecular weight is 704 g/mol. The van der Waals surface area contributed by atoms with Crippen LogP contribution in [0.2, 0.25) is 0 Å². The topological polar surface area (TPSA) is 32.3 Å². The smallest absolute Gasteiger partial charge is 0.0705 e. The summed E-state index contributed by atoms with van der Waals surface area (Å²) in [7, 11) is 0. The van der Waals surface area contributed by atoms with Crippen LogP contribution in [0.5, 0.6) is 0 Å². The highest BCUT2D eigenvalue weighted by Crippen LogP contribution is 2.30. The second-order valence-electron chi connectivity index (χ2n) is 13.1. The van der Waals surface area contributed by atoms with E-state index in [0.717, 1.165) is 44.7 Å². The highest BCUT2D eigenvalue weighted by Gasteiger charge is 2.25. The molecule has 3 aromatic carbocycles. The van der Waals surface area contributed by atoms with Gasteiger partial charge in [0.2, 0.25) is 0 Å². The molecular weight excluding hydrogens is 655 g/mol. The lowest BCUT2D eigenvalue weighted by molar-refractivity contribution is 0.201. The third-order valence-electron chi connectivity index (χ3n) is 9.95. The monoisotopic (exact) mass is 702 g/mol. The third-order valence-corrected chi connectivity index (χ3v) is 9.95. The number of aryl methyl sites for hydroxylation is 4. The Morgan fingerprint density at radius 3 is 1.83 bits per heavy atom. The molecule has 0 bridgehead atoms. The summed E-state index contributed by atoms with van der Waals surface area (Å²) >= 11 is 0. The van der Waals surface area contributed by atoms with E-state index in [-0.39, 0.29) is 37.2 Å². The first-order chi connectivity index (χ1) is 21.7. The number of aromatic nitrogens is 2. The van der Waals surface area contributed by atoms with Gasteiger partial charge >= 0.3 is 0 Å². The molecule has 254 valence electrons. The Bertz CT molecular complexity index is 1750. The van der Waals surface area contributed by atoms with Crippen LogP contribution in [0.15, 0.2) is 91.4 Å². The number of hydrogen-bond acceptors (Lipinski definition) is 4. The molecule has 1 aliphatic heterocycles. The molecule has 0 spiro atoms. The van der Waals surface area contributed by atoms with Crippen LogP contribution >= 0.6 is 37.2 Å². The number of halogens is 3. The van der Waals surface area contributed by atoms with Crippen LogP contribution < -0.4 is 4.90 Å². The van der Waals surface area contributed by atoms with Crippen LogP contribution in [0, 0.1) is 41.5 Å². The molecule has 1 fully saturated rings. The highest BCUT2D eigenvalue weighted by molar-refractivity contribution is 5.86. The Morgan fingerprint density at radius 2 is 1.23 bits per heavy atom. The number of rotatable bonds is 8. The number of para-hydroxylation sites is 1. The SMILES string of the molecule is Cc1cc(-c2cncc(CN(c3ccccc3)C3CCN(Cc4ccnc(-c5cc(C)c(C)c(C)c5)c4)CC3)c2)cc(C)c1C.Cl.Cl.Cl. The van der Waals surface area contributed by atoms with Crippen molar-refractivity contribution in [3.63, 3.8) is 0 Å². The molecular formula is C41H49Cl3N4. The summed E-state index contributed by atoms with van der Waals surface area (Å²) in [6.45, 7) is 17.1. The molecule has 0 aliphatic carbocycles. The Kier molecular flexibility index (Phi) is 14.1. The largest absolute Gasteiger partial charge is 0.364 e. The summed E-state index contributed by atoms with van der Waals surface area (Å²) in [6.07, 6.45) is 8.28. The molecule has 0 atom stereocenters. The van der Waals surface area contributed by atoms with E-state index in [4.69, 9.17) is 9.97 Å². The normalized spacial score (nSPS) is 13.2. The fourth-order valence-electron chi connectivity index (χ4n) is 6.74. The third kappa shape index (κ3) is 8.98. The summed E-state index contributed by atoms with van der Waals surface area (Å²) in [5, 5.41) is 0. The number of benzene rings is 3. The number of hydrogen-bond donors (Lipinski definition) is 0. The molecule has 48 heavy (non-hydrogen) atoms. The van der Waals surface area contributed by atoms with Crippen molar-refractivity contribution in [2.24, 2.45) is 0 Å². The minimum absolute atomic E-state index is 0. The molecule has 1 saturated heterocycles. The second kappa shape index (κ2) is 17.3. The van der Waals surface area contributed by atoms with Gasteiger partial charge in [-0.1, -0.05) is 30.3 Å². The van der Waals surface area contributed by atoms with Crippen LogP contribution in [-0.2, 0) is 13.1 Å². The quantitative estimate of drug-likeness (QED) is 0.161. The van der Waals surface area contributed by atoms with Crippen molar-refractivity contribution in [3.05, 3.63) is 136 Å². The number of nitrogens with zero attached hydrogens (tertiary/aromatic N) is 4. The van der Waals surface area contributed by atoms with Crippen molar-refractivity contribution in [1.29, 1.82) is 0 Å².